The number of H-pyrrole nitrogens is 1. The van der Waals surface area contributed by atoms with Crippen molar-refractivity contribution in [1.29, 1.82) is 0 Å². The van der Waals surface area contributed by atoms with E-state index < -0.39 is 0 Å². The minimum atomic E-state index is 0.625. The van der Waals surface area contributed by atoms with Crippen LogP contribution in [0.25, 0.3) is 22.5 Å². The lowest BCUT2D eigenvalue weighted by Gasteiger charge is -2.28. The summed E-state index contributed by atoms with van der Waals surface area (Å²) >= 11 is 0. The van der Waals surface area contributed by atoms with E-state index in [-0.39, 0.29) is 0 Å². The van der Waals surface area contributed by atoms with E-state index in [0.717, 1.165) is 66.7 Å². The molecule has 4 heterocycles. The van der Waals surface area contributed by atoms with E-state index in [1.54, 1.807) is 25.7 Å². The van der Waals surface area contributed by atoms with Crippen LogP contribution in [0.2, 0.25) is 0 Å². The highest BCUT2D eigenvalue weighted by Crippen LogP contribution is 2.31. The van der Waals surface area contributed by atoms with E-state index in [2.05, 4.69) is 30.2 Å². The smallest absolute Gasteiger partial charge is 0.225 e. The molecule has 0 spiro atoms. The van der Waals surface area contributed by atoms with Gasteiger partial charge in [-0.15, -0.1) is 0 Å². The number of nitrogens with one attached hydrogen (secondary N) is 2. The average Bonchev–Trinajstić information content (AvgIpc) is 3.20. The molecule has 3 aromatic heterocycles. The Bertz CT molecular complexity index is 965. The lowest BCUT2D eigenvalue weighted by Crippen LogP contribution is -2.43. The first-order valence-electron chi connectivity index (χ1n) is 10.1. The molecule has 1 aliphatic rings. The zero-order valence-corrected chi connectivity index (χ0v) is 17.4. The molecule has 9 heteroatoms. The maximum absolute atomic E-state index is 6.30. The number of rotatable bonds is 7. The van der Waals surface area contributed by atoms with Crippen molar-refractivity contribution in [2.24, 2.45) is 0 Å². The van der Waals surface area contributed by atoms with E-state index in [0.29, 0.717) is 12.6 Å². The second-order valence-electron chi connectivity index (χ2n) is 7.34. The molecule has 3 aromatic rings. The number of piperazine rings is 1. The molecule has 4 N–H and O–H groups in total. The Morgan fingerprint density at radius 1 is 1.13 bits per heavy atom. The van der Waals surface area contributed by atoms with E-state index in [9.17, 15) is 0 Å². The largest absolute Gasteiger partial charge is 0.396 e. The second kappa shape index (κ2) is 9.10. The molecule has 0 radical (unpaired) electrons. The van der Waals surface area contributed by atoms with E-state index in [4.69, 9.17) is 10.5 Å². The first kappa shape index (κ1) is 20.1. The summed E-state index contributed by atoms with van der Waals surface area (Å²) < 4.78 is 5.11. The van der Waals surface area contributed by atoms with Gasteiger partial charge in [0.15, 0.2) is 0 Å². The summed E-state index contributed by atoms with van der Waals surface area (Å²) in [6, 6.07) is 5.99. The van der Waals surface area contributed by atoms with Gasteiger partial charge < -0.3 is 30.6 Å². The van der Waals surface area contributed by atoms with Crippen LogP contribution < -0.4 is 20.9 Å². The molecule has 0 amide bonds. The van der Waals surface area contributed by atoms with Crippen LogP contribution in [0.1, 0.15) is 0 Å². The third-order valence-corrected chi connectivity index (χ3v) is 5.24. The fourth-order valence-corrected chi connectivity index (χ4v) is 3.50. The summed E-state index contributed by atoms with van der Waals surface area (Å²) in [5.41, 5.74) is 10.7. The highest BCUT2D eigenvalue weighted by molar-refractivity contribution is 5.76. The molecule has 4 rings (SSSR count). The van der Waals surface area contributed by atoms with E-state index in [1.807, 2.05) is 30.1 Å². The molecule has 9 nitrogen and oxygen atoms in total. The van der Waals surface area contributed by atoms with Gasteiger partial charge in [-0.05, 0) is 18.2 Å². The summed E-state index contributed by atoms with van der Waals surface area (Å²) in [4.78, 5) is 21.2. The van der Waals surface area contributed by atoms with Gasteiger partial charge in [-0.1, -0.05) is 0 Å². The summed E-state index contributed by atoms with van der Waals surface area (Å²) in [5.74, 6) is 1.64. The molecule has 0 unspecified atom stereocenters. The molecule has 1 fully saturated rings. The SMILES string of the molecule is COCCN(C)c1ncc(-c2cc(-c3cc(N)c(N4CCNCC4)[nH]3)ccn2)cn1. The van der Waals surface area contributed by atoms with Crippen molar-refractivity contribution in [3.63, 3.8) is 0 Å². The monoisotopic (exact) mass is 408 g/mol. The normalized spacial score (nSPS) is 14.1. The first-order valence-corrected chi connectivity index (χ1v) is 10.1. The molecule has 1 aliphatic heterocycles. The van der Waals surface area contributed by atoms with Crippen LogP contribution in [0, 0.1) is 0 Å². The number of nitrogens with zero attached hydrogens (tertiary/aromatic N) is 5. The average molecular weight is 409 g/mol. The van der Waals surface area contributed by atoms with Gasteiger partial charge in [0.1, 0.15) is 5.82 Å². The van der Waals surface area contributed by atoms with Crippen molar-refractivity contribution in [1.82, 2.24) is 25.3 Å². The van der Waals surface area contributed by atoms with Gasteiger partial charge in [0.2, 0.25) is 5.95 Å². The number of nitrogen functional groups attached to an aromatic ring is 1. The summed E-state index contributed by atoms with van der Waals surface area (Å²) in [6.45, 7) is 5.16. The molecule has 0 aromatic carbocycles. The van der Waals surface area contributed by atoms with Gasteiger partial charge in [-0.25, -0.2) is 9.97 Å². The van der Waals surface area contributed by atoms with Crippen LogP contribution in [0.5, 0.6) is 0 Å². The number of methoxy groups -OCH3 is 1. The number of ether oxygens (including phenoxy) is 1. The minimum Gasteiger partial charge on any atom is -0.396 e. The van der Waals surface area contributed by atoms with Crippen molar-refractivity contribution >= 4 is 17.5 Å². The van der Waals surface area contributed by atoms with Gasteiger partial charge in [0, 0.05) is 82.3 Å². The van der Waals surface area contributed by atoms with Gasteiger partial charge >= 0.3 is 0 Å². The van der Waals surface area contributed by atoms with Gasteiger partial charge in [0.25, 0.3) is 0 Å². The number of anilines is 3. The zero-order valence-electron chi connectivity index (χ0n) is 17.4. The van der Waals surface area contributed by atoms with E-state index in [1.165, 1.54) is 0 Å². The van der Waals surface area contributed by atoms with Gasteiger partial charge in [-0.2, -0.15) is 0 Å². The predicted molar refractivity (Wildman–Crippen MR) is 120 cm³/mol. The standard InChI is InChI=1S/C21H28N8O/c1-28(9-10-30-2)21-25-13-16(14-26-21)18-11-15(3-4-24-18)19-12-17(22)20(27-19)29-7-5-23-6-8-29/h3-4,11-14,23,27H,5-10,22H2,1-2H3. The Kier molecular flexibility index (Phi) is 6.10. The maximum atomic E-state index is 6.30. The number of aromatic amines is 1. The van der Waals surface area contributed by atoms with Crippen molar-refractivity contribution in [3.8, 4) is 22.5 Å². The summed E-state index contributed by atoms with van der Waals surface area (Å²) in [7, 11) is 3.62. The number of nitrogens with two attached hydrogens (primary N) is 1. The van der Waals surface area contributed by atoms with Crippen molar-refractivity contribution in [3.05, 3.63) is 36.8 Å². The fourth-order valence-electron chi connectivity index (χ4n) is 3.50. The molecular weight excluding hydrogens is 380 g/mol. The Labute approximate surface area is 176 Å². The topological polar surface area (TPSA) is 108 Å². The molecule has 0 bridgehead atoms. The number of hydrogen-bond acceptors (Lipinski definition) is 8. The second-order valence-corrected chi connectivity index (χ2v) is 7.34. The van der Waals surface area contributed by atoms with Crippen LogP contribution in [-0.4, -0.2) is 73.4 Å². The Morgan fingerprint density at radius 3 is 2.63 bits per heavy atom. The third kappa shape index (κ3) is 4.37. The molecular formula is C21H28N8O. The quantitative estimate of drug-likeness (QED) is 0.541. The van der Waals surface area contributed by atoms with Crippen LogP contribution in [0.15, 0.2) is 36.8 Å². The number of hydrogen-bond donors (Lipinski definition) is 3. The first-order chi connectivity index (χ1) is 14.7. The number of likely N-dealkylation sites (N-methyl/N-ethyl adjacent to an activating group) is 1. The number of pyridine rings is 1. The van der Waals surface area contributed by atoms with Crippen molar-refractivity contribution in [2.75, 3.05) is 69.0 Å². The van der Waals surface area contributed by atoms with Crippen molar-refractivity contribution < 1.29 is 4.74 Å². The van der Waals surface area contributed by atoms with Gasteiger partial charge in [0.05, 0.1) is 18.0 Å². The van der Waals surface area contributed by atoms with E-state index >= 15 is 0 Å². The van der Waals surface area contributed by atoms with Crippen molar-refractivity contribution in [2.45, 2.75) is 0 Å². The minimum absolute atomic E-state index is 0.625. The Morgan fingerprint density at radius 2 is 1.90 bits per heavy atom. The zero-order chi connectivity index (χ0) is 20.9. The van der Waals surface area contributed by atoms with Crippen LogP contribution >= 0.6 is 0 Å². The summed E-state index contributed by atoms with van der Waals surface area (Å²) in [5, 5.41) is 3.36. The molecule has 30 heavy (non-hydrogen) atoms. The van der Waals surface area contributed by atoms with Crippen LogP contribution in [0.3, 0.4) is 0 Å². The third-order valence-electron chi connectivity index (χ3n) is 5.24. The highest BCUT2D eigenvalue weighted by atomic mass is 16.5. The maximum Gasteiger partial charge on any atom is 0.225 e. The molecule has 0 atom stereocenters. The molecule has 0 aliphatic carbocycles. The molecule has 1 saturated heterocycles. The molecule has 158 valence electrons. The highest BCUT2D eigenvalue weighted by Gasteiger charge is 2.17. The molecule has 0 saturated carbocycles. The Hall–Kier alpha value is -3.17. The Balaban J connectivity index is 1.54. The fraction of sp³-hybridized carbons (Fsp3) is 0.381. The van der Waals surface area contributed by atoms with Gasteiger partial charge in [-0.3, -0.25) is 4.98 Å². The number of aromatic nitrogens is 4. The predicted octanol–water partition coefficient (Wildman–Crippen LogP) is 1.61. The summed E-state index contributed by atoms with van der Waals surface area (Å²) in [6.07, 6.45) is 5.39. The van der Waals surface area contributed by atoms with Crippen LogP contribution in [0.4, 0.5) is 17.5 Å². The van der Waals surface area contributed by atoms with Crippen LogP contribution in [-0.2, 0) is 4.74 Å². The lowest BCUT2D eigenvalue weighted by atomic mass is 10.1. The lowest BCUT2D eigenvalue weighted by molar-refractivity contribution is 0.206.